The zero-order chi connectivity index (χ0) is 27.3. The Morgan fingerprint density at radius 1 is 1.16 bits per heavy atom. The molecule has 0 unspecified atom stereocenters. The number of likely N-dealkylation sites (N-methyl/N-ethyl adjacent to an activating group) is 1. The van der Waals surface area contributed by atoms with Crippen LogP contribution in [0.15, 0.2) is 78.0 Å². The molecule has 0 fully saturated rings. The van der Waals surface area contributed by atoms with Crippen molar-refractivity contribution in [3.05, 3.63) is 89.7 Å². The Kier molecular flexibility index (Phi) is 8.61. The van der Waals surface area contributed by atoms with E-state index in [2.05, 4.69) is 4.98 Å². The minimum Gasteiger partial charge on any atom is -0.487 e. The Balaban J connectivity index is 1.70. The number of sulfonamides is 1. The van der Waals surface area contributed by atoms with Crippen LogP contribution in [-0.2, 0) is 10.0 Å². The molecule has 4 rings (SSSR count). The highest BCUT2D eigenvalue weighted by atomic mass is 32.2. The van der Waals surface area contributed by atoms with Gasteiger partial charge in [0, 0.05) is 37.9 Å². The number of fused-ring (bicyclic) bond motifs is 1. The van der Waals surface area contributed by atoms with E-state index in [-0.39, 0.29) is 42.2 Å². The lowest BCUT2D eigenvalue weighted by Gasteiger charge is -2.37. The van der Waals surface area contributed by atoms with E-state index in [0.717, 1.165) is 11.1 Å². The Morgan fingerprint density at radius 3 is 2.58 bits per heavy atom. The van der Waals surface area contributed by atoms with Crippen LogP contribution < -0.4 is 4.74 Å². The maximum absolute atomic E-state index is 13.7. The molecular formula is C29H33N3O5S. The molecule has 3 aromatic rings. The predicted octanol–water partition coefficient (Wildman–Crippen LogP) is 3.79. The summed E-state index contributed by atoms with van der Waals surface area (Å²) < 4.78 is 35.1. The van der Waals surface area contributed by atoms with Gasteiger partial charge in [0.2, 0.25) is 10.0 Å². The fourth-order valence-electron chi connectivity index (χ4n) is 4.38. The van der Waals surface area contributed by atoms with Crippen molar-refractivity contribution in [3.63, 3.8) is 0 Å². The summed E-state index contributed by atoms with van der Waals surface area (Å²) in [5, 5.41) is 9.84. The number of carbonyl (C=O) groups is 1. The van der Waals surface area contributed by atoms with Crippen molar-refractivity contribution >= 4 is 28.1 Å². The second-order valence-electron chi connectivity index (χ2n) is 9.62. The minimum absolute atomic E-state index is 0.0350. The van der Waals surface area contributed by atoms with Crippen LogP contribution in [0.5, 0.6) is 5.75 Å². The topological polar surface area (TPSA) is 100 Å². The number of aliphatic hydroxyl groups is 1. The van der Waals surface area contributed by atoms with E-state index in [1.165, 1.54) is 10.5 Å². The van der Waals surface area contributed by atoms with Crippen LogP contribution in [0, 0.1) is 5.92 Å². The molecule has 2 heterocycles. The van der Waals surface area contributed by atoms with Gasteiger partial charge in [-0.25, -0.2) is 8.42 Å². The first-order chi connectivity index (χ1) is 18.2. The molecule has 0 bridgehead atoms. The molecule has 8 nitrogen and oxygen atoms in total. The SMILES string of the molecule is C[C@@H]1CN([C@@H](C)CO)S(=O)(=O)c2ccc(/C=C/c3ccccc3)cc2O[C@H]1CN(C)C(=O)c1cccnc1. The largest absolute Gasteiger partial charge is 0.487 e. The fraction of sp³-hybridized carbons (Fsp3) is 0.310. The smallest absolute Gasteiger partial charge is 0.255 e. The van der Waals surface area contributed by atoms with Gasteiger partial charge < -0.3 is 14.7 Å². The quantitative estimate of drug-likeness (QED) is 0.462. The number of carbonyl (C=O) groups excluding carboxylic acids is 1. The molecule has 0 aliphatic carbocycles. The number of nitrogens with zero attached hydrogens (tertiary/aromatic N) is 3. The van der Waals surface area contributed by atoms with Crippen molar-refractivity contribution in [2.24, 2.45) is 5.92 Å². The van der Waals surface area contributed by atoms with Gasteiger partial charge in [-0.15, -0.1) is 0 Å². The highest BCUT2D eigenvalue weighted by molar-refractivity contribution is 7.89. The summed E-state index contributed by atoms with van der Waals surface area (Å²) in [6.07, 6.45) is 6.46. The zero-order valence-electron chi connectivity index (χ0n) is 21.8. The molecule has 1 N–H and O–H groups in total. The van der Waals surface area contributed by atoms with Crippen molar-refractivity contribution in [1.29, 1.82) is 0 Å². The molecule has 9 heteroatoms. The van der Waals surface area contributed by atoms with Gasteiger partial charge in [0.15, 0.2) is 0 Å². The molecule has 2 aromatic carbocycles. The van der Waals surface area contributed by atoms with Crippen LogP contribution in [0.1, 0.15) is 35.3 Å². The maximum atomic E-state index is 13.7. The van der Waals surface area contributed by atoms with Gasteiger partial charge in [0.25, 0.3) is 5.91 Å². The third-order valence-electron chi connectivity index (χ3n) is 6.67. The van der Waals surface area contributed by atoms with E-state index in [1.54, 1.807) is 55.4 Å². The van der Waals surface area contributed by atoms with Crippen molar-refractivity contribution < 1.29 is 23.1 Å². The van der Waals surface area contributed by atoms with Gasteiger partial charge in [-0.3, -0.25) is 9.78 Å². The summed E-state index contributed by atoms with van der Waals surface area (Å²) in [6.45, 7) is 3.63. The normalized spacial score (nSPS) is 20.1. The molecule has 0 saturated heterocycles. The lowest BCUT2D eigenvalue weighted by Crippen LogP contribution is -2.50. The number of pyridine rings is 1. The van der Waals surface area contributed by atoms with Crippen LogP contribution in [0.25, 0.3) is 12.2 Å². The van der Waals surface area contributed by atoms with Gasteiger partial charge >= 0.3 is 0 Å². The van der Waals surface area contributed by atoms with Crippen LogP contribution in [0.2, 0.25) is 0 Å². The van der Waals surface area contributed by atoms with Gasteiger partial charge in [-0.05, 0) is 42.3 Å². The lowest BCUT2D eigenvalue weighted by molar-refractivity contribution is 0.0563. The summed E-state index contributed by atoms with van der Waals surface area (Å²) in [6, 6.07) is 17.6. The lowest BCUT2D eigenvalue weighted by atomic mass is 10.0. The monoisotopic (exact) mass is 535 g/mol. The molecule has 1 aliphatic rings. The first kappa shape index (κ1) is 27.5. The van der Waals surface area contributed by atoms with Gasteiger partial charge in [0.05, 0.1) is 18.7 Å². The molecule has 0 spiro atoms. The van der Waals surface area contributed by atoms with Crippen LogP contribution in [-0.4, -0.2) is 72.5 Å². The molecule has 1 aromatic heterocycles. The Bertz CT molecular complexity index is 1380. The van der Waals surface area contributed by atoms with Crippen LogP contribution in [0.4, 0.5) is 0 Å². The van der Waals surface area contributed by atoms with E-state index in [4.69, 9.17) is 4.74 Å². The first-order valence-electron chi connectivity index (χ1n) is 12.5. The second-order valence-corrected chi connectivity index (χ2v) is 11.5. The third kappa shape index (κ3) is 6.12. The molecule has 0 saturated carbocycles. The van der Waals surface area contributed by atoms with Crippen LogP contribution in [0.3, 0.4) is 0 Å². The van der Waals surface area contributed by atoms with E-state index in [1.807, 2.05) is 49.4 Å². The number of hydrogen-bond donors (Lipinski definition) is 1. The molecule has 200 valence electrons. The predicted molar refractivity (Wildman–Crippen MR) is 147 cm³/mol. The highest BCUT2D eigenvalue weighted by Gasteiger charge is 2.38. The van der Waals surface area contributed by atoms with Crippen molar-refractivity contribution in [2.45, 2.75) is 30.9 Å². The summed E-state index contributed by atoms with van der Waals surface area (Å²) in [4.78, 5) is 18.6. The average molecular weight is 536 g/mol. The number of benzene rings is 2. The number of hydrogen-bond acceptors (Lipinski definition) is 6. The Hall–Kier alpha value is -3.53. The van der Waals surface area contributed by atoms with Gasteiger partial charge in [-0.2, -0.15) is 4.31 Å². The number of ether oxygens (including phenoxy) is 1. The standard InChI is InChI=1S/C29H33N3O5S/c1-21-18-32(22(2)20-33)38(35,36)28-14-13-24(12-11-23-8-5-4-6-9-23)16-26(28)37-27(21)19-31(3)29(34)25-10-7-15-30-17-25/h4-17,21-22,27,33H,18-20H2,1-3H3/b12-11+/t21-,22+,27+/m1/s1. The van der Waals surface area contributed by atoms with Gasteiger partial charge in [0.1, 0.15) is 16.7 Å². The number of amides is 1. The summed E-state index contributed by atoms with van der Waals surface area (Å²) in [5.41, 5.74) is 2.24. The summed E-state index contributed by atoms with van der Waals surface area (Å²) in [5.74, 6) is -0.266. The van der Waals surface area contributed by atoms with E-state index in [9.17, 15) is 18.3 Å². The zero-order valence-corrected chi connectivity index (χ0v) is 22.6. The highest BCUT2D eigenvalue weighted by Crippen LogP contribution is 2.34. The number of aromatic nitrogens is 1. The van der Waals surface area contributed by atoms with Crippen molar-refractivity contribution in [2.75, 3.05) is 26.7 Å². The van der Waals surface area contributed by atoms with Crippen molar-refractivity contribution in [3.8, 4) is 5.75 Å². The molecule has 1 amide bonds. The molecule has 0 radical (unpaired) electrons. The third-order valence-corrected chi connectivity index (χ3v) is 8.69. The van der Waals surface area contributed by atoms with Crippen LogP contribution >= 0.6 is 0 Å². The fourth-order valence-corrected chi connectivity index (χ4v) is 6.21. The van der Waals surface area contributed by atoms with E-state index < -0.39 is 22.2 Å². The number of aliphatic hydroxyl groups excluding tert-OH is 1. The number of rotatable bonds is 7. The Morgan fingerprint density at radius 2 is 1.89 bits per heavy atom. The molecule has 1 aliphatic heterocycles. The summed E-state index contributed by atoms with van der Waals surface area (Å²) >= 11 is 0. The minimum atomic E-state index is -3.95. The molecule has 38 heavy (non-hydrogen) atoms. The van der Waals surface area contributed by atoms with E-state index in [0.29, 0.717) is 5.56 Å². The molecule has 3 atom stereocenters. The first-order valence-corrected chi connectivity index (χ1v) is 14.0. The van der Waals surface area contributed by atoms with E-state index >= 15 is 0 Å². The maximum Gasteiger partial charge on any atom is 0.255 e. The van der Waals surface area contributed by atoms with Crippen molar-refractivity contribution in [1.82, 2.24) is 14.2 Å². The summed E-state index contributed by atoms with van der Waals surface area (Å²) in [7, 11) is -2.26. The van der Waals surface area contributed by atoms with Gasteiger partial charge in [-0.1, -0.05) is 55.5 Å². The second kappa shape index (κ2) is 11.9. The molecular weight excluding hydrogens is 502 g/mol. The average Bonchev–Trinajstić information content (AvgIpc) is 2.93. The Labute approximate surface area is 224 Å².